The van der Waals surface area contributed by atoms with Gasteiger partial charge in [-0.3, -0.25) is 4.79 Å². The maximum Gasteiger partial charge on any atom is 0.306 e. The van der Waals surface area contributed by atoms with Crippen LogP contribution < -0.4 is 0 Å². The van der Waals surface area contributed by atoms with Crippen LogP contribution >= 0.6 is 0 Å². The maximum atomic E-state index is 10.2. The third-order valence-electron chi connectivity index (χ3n) is 1.33. The van der Waals surface area contributed by atoms with Gasteiger partial charge in [0.05, 0.1) is 5.92 Å². The molecule has 56 valence electrons. The van der Waals surface area contributed by atoms with Gasteiger partial charge in [0.25, 0.3) is 0 Å². The molecule has 9 heavy (non-hydrogen) atoms. The standard InChI is InChI=1S/C6H12O2.CH4/c1-3-5(4-2)6(7)8;/h5H,3-4H2,1-2H3,(H,7,8);1H4. The molecule has 0 radical (unpaired) electrons. The van der Waals surface area contributed by atoms with E-state index in [1.165, 1.54) is 0 Å². The van der Waals surface area contributed by atoms with Crippen LogP contribution in [-0.4, -0.2) is 11.1 Å². The van der Waals surface area contributed by atoms with Crippen molar-refractivity contribution in [2.75, 3.05) is 0 Å². The van der Waals surface area contributed by atoms with Crippen LogP contribution in [0.4, 0.5) is 0 Å². The summed E-state index contributed by atoms with van der Waals surface area (Å²) in [4.78, 5) is 10.2. The Morgan fingerprint density at radius 1 is 1.44 bits per heavy atom. The molecule has 0 aromatic heterocycles. The average Bonchev–Trinajstić information content (AvgIpc) is 1.69. The number of rotatable bonds is 3. The minimum atomic E-state index is -0.671. The third kappa shape index (κ3) is 4.01. The fourth-order valence-electron chi connectivity index (χ4n) is 0.638. The molecule has 0 atom stereocenters. The van der Waals surface area contributed by atoms with Crippen molar-refractivity contribution in [1.29, 1.82) is 0 Å². The SMILES string of the molecule is C.CCC(CC)C(=O)O. The topological polar surface area (TPSA) is 37.3 Å². The van der Waals surface area contributed by atoms with E-state index in [0.717, 1.165) is 12.8 Å². The smallest absolute Gasteiger partial charge is 0.306 e. The van der Waals surface area contributed by atoms with Gasteiger partial charge in [-0.2, -0.15) is 0 Å². The normalized spacial score (nSPS) is 8.78. The highest BCUT2D eigenvalue weighted by atomic mass is 16.4. The van der Waals surface area contributed by atoms with Crippen LogP contribution in [0.1, 0.15) is 34.1 Å². The van der Waals surface area contributed by atoms with E-state index in [4.69, 9.17) is 5.11 Å². The van der Waals surface area contributed by atoms with Crippen LogP contribution in [0.2, 0.25) is 0 Å². The summed E-state index contributed by atoms with van der Waals surface area (Å²) in [5, 5.41) is 8.37. The number of carboxylic acids is 1. The molecule has 2 heteroatoms. The Morgan fingerprint density at radius 2 is 1.78 bits per heavy atom. The van der Waals surface area contributed by atoms with Gasteiger partial charge >= 0.3 is 5.97 Å². The molecule has 0 aliphatic heterocycles. The summed E-state index contributed by atoms with van der Waals surface area (Å²) in [5.74, 6) is -0.801. The van der Waals surface area contributed by atoms with E-state index >= 15 is 0 Å². The largest absolute Gasteiger partial charge is 0.481 e. The van der Waals surface area contributed by atoms with Gasteiger partial charge in [0.15, 0.2) is 0 Å². The Hall–Kier alpha value is -0.530. The van der Waals surface area contributed by atoms with Crippen LogP contribution in [0.15, 0.2) is 0 Å². The molecule has 0 aromatic carbocycles. The van der Waals surface area contributed by atoms with Gasteiger partial charge in [-0.25, -0.2) is 0 Å². The summed E-state index contributed by atoms with van der Waals surface area (Å²) >= 11 is 0. The van der Waals surface area contributed by atoms with Gasteiger partial charge in [0, 0.05) is 0 Å². The number of carboxylic acid groups (broad SMARTS) is 1. The fourth-order valence-corrected chi connectivity index (χ4v) is 0.638. The molecule has 0 amide bonds. The zero-order chi connectivity index (χ0) is 6.57. The fraction of sp³-hybridized carbons (Fsp3) is 0.857. The van der Waals surface area contributed by atoms with Gasteiger partial charge in [0.2, 0.25) is 0 Å². The zero-order valence-electron chi connectivity index (χ0n) is 5.35. The predicted molar refractivity (Wildman–Crippen MR) is 38.4 cm³/mol. The van der Waals surface area contributed by atoms with Crippen molar-refractivity contribution in [3.8, 4) is 0 Å². The number of aliphatic carboxylic acids is 1. The number of carbonyl (C=O) groups is 1. The van der Waals surface area contributed by atoms with Gasteiger partial charge in [-0.15, -0.1) is 0 Å². The molecule has 0 bridgehead atoms. The molecule has 0 aliphatic rings. The lowest BCUT2D eigenvalue weighted by Gasteiger charge is -2.02. The lowest BCUT2D eigenvalue weighted by Crippen LogP contribution is -2.10. The van der Waals surface area contributed by atoms with Crippen molar-refractivity contribution in [2.24, 2.45) is 5.92 Å². The molecular weight excluding hydrogens is 116 g/mol. The summed E-state index contributed by atoms with van der Waals surface area (Å²) in [6, 6.07) is 0. The summed E-state index contributed by atoms with van der Waals surface area (Å²) in [6.45, 7) is 3.78. The first-order valence-electron chi connectivity index (χ1n) is 2.95. The second-order valence-electron chi connectivity index (χ2n) is 1.85. The maximum absolute atomic E-state index is 10.2. The lowest BCUT2D eigenvalue weighted by molar-refractivity contribution is -0.141. The average molecular weight is 132 g/mol. The quantitative estimate of drug-likeness (QED) is 0.638. The minimum absolute atomic E-state index is 0. The Labute approximate surface area is 56.9 Å². The van der Waals surface area contributed by atoms with E-state index in [1.807, 2.05) is 13.8 Å². The molecule has 0 rings (SSSR count). The van der Waals surface area contributed by atoms with Crippen LogP contribution in [0.5, 0.6) is 0 Å². The van der Waals surface area contributed by atoms with Crippen LogP contribution in [0.25, 0.3) is 0 Å². The first kappa shape index (κ1) is 11.3. The van der Waals surface area contributed by atoms with Crippen LogP contribution in [0, 0.1) is 5.92 Å². The first-order valence-corrected chi connectivity index (χ1v) is 2.95. The molecule has 0 fully saturated rings. The van der Waals surface area contributed by atoms with Crippen molar-refractivity contribution in [3.63, 3.8) is 0 Å². The third-order valence-corrected chi connectivity index (χ3v) is 1.33. The molecule has 0 unspecified atom stereocenters. The molecular formula is C7H16O2. The van der Waals surface area contributed by atoms with E-state index in [9.17, 15) is 4.79 Å². The minimum Gasteiger partial charge on any atom is -0.481 e. The van der Waals surface area contributed by atoms with Crippen LogP contribution in [-0.2, 0) is 4.79 Å². The van der Waals surface area contributed by atoms with E-state index in [0.29, 0.717) is 0 Å². The van der Waals surface area contributed by atoms with Crippen molar-refractivity contribution in [1.82, 2.24) is 0 Å². The molecule has 0 saturated heterocycles. The van der Waals surface area contributed by atoms with E-state index in [1.54, 1.807) is 0 Å². The van der Waals surface area contributed by atoms with Crippen molar-refractivity contribution >= 4 is 5.97 Å². The molecule has 2 nitrogen and oxygen atoms in total. The summed E-state index contributed by atoms with van der Waals surface area (Å²) in [5.41, 5.74) is 0. The Balaban J connectivity index is 0. The van der Waals surface area contributed by atoms with Crippen molar-refractivity contribution in [3.05, 3.63) is 0 Å². The highest BCUT2D eigenvalue weighted by Gasteiger charge is 2.10. The summed E-state index contributed by atoms with van der Waals surface area (Å²) in [7, 11) is 0. The van der Waals surface area contributed by atoms with Gasteiger partial charge in [-0.05, 0) is 12.8 Å². The molecule has 0 aromatic rings. The predicted octanol–water partition coefficient (Wildman–Crippen LogP) is 2.14. The summed E-state index contributed by atoms with van der Waals surface area (Å²) in [6.07, 6.45) is 1.48. The Morgan fingerprint density at radius 3 is 1.78 bits per heavy atom. The summed E-state index contributed by atoms with van der Waals surface area (Å²) < 4.78 is 0. The Kier molecular flexibility index (Phi) is 7.03. The molecule has 0 aliphatic carbocycles. The van der Waals surface area contributed by atoms with Gasteiger partial charge < -0.3 is 5.11 Å². The molecule has 1 N–H and O–H groups in total. The van der Waals surface area contributed by atoms with Crippen molar-refractivity contribution in [2.45, 2.75) is 34.1 Å². The number of hydrogen-bond donors (Lipinski definition) is 1. The van der Waals surface area contributed by atoms with E-state index < -0.39 is 5.97 Å². The number of hydrogen-bond acceptors (Lipinski definition) is 1. The highest BCUT2D eigenvalue weighted by Crippen LogP contribution is 2.05. The van der Waals surface area contributed by atoms with Gasteiger partial charge in [0.1, 0.15) is 0 Å². The van der Waals surface area contributed by atoms with E-state index in [2.05, 4.69) is 0 Å². The second kappa shape index (κ2) is 5.60. The second-order valence-corrected chi connectivity index (χ2v) is 1.85. The highest BCUT2D eigenvalue weighted by molar-refractivity contribution is 5.69. The zero-order valence-corrected chi connectivity index (χ0v) is 5.35. The van der Waals surface area contributed by atoms with Gasteiger partial charge in [-0.1, -0.05) is 21.3 Å². The molecule has 0 heterocycles. The lowest BCUT2D eigenvalue weighted by atomic mass is 10.1. The van der Waals surface area contributed by atoms with E-state index in [-0.39, 0.29) is 13.3 Å². The van der Waals surface area contributed by atoms with Crippen LogP contribution in [0.3, 0.4) is 0 Å². The van der Waals surface area contributed by atoms with Crippen molar-refractivity contribution < 1.29 is 9.90 Å². The molecule has 0 saturated carbocycles. The monoisotopic (exact) mass is 132 g/mol. The first-order chi connectivity index (χ1) is 3.72. The molecule has 0 spiro atoms. The Bertz CT molecular complexity index is 75.0.